The minimum Gasteiger partial charge on any atom is -0.372 e. The Hall–Kier alpha value is -1.55. The van der Waals surface area contributed by atoms with E-state index in [9.17, 15) is 4.79 Å². The summed E-state index contributed by atoms with van der Waals surface area (Å²) in [4.78, 5) is 13.5. The summed E-state index contributed by atoms with van der Waals surface area (Å²) in [5.74, 6) is -0.302. The van der Waals surface area contributed by atoms with Gasteiger partial charge in [0.05, 0.1) is 0 Å². The smallest absolute Gasteiger partial charge is 0.236 e. The van der Waals surface area contributed by atoms with E-state index < -0.39 is 0 Å². The molecule has 0 fully saturated rings. The van der Waals surface area contributed by atoms with Crippen LogP contribution >= 0.6 is 0 Å². The van der Waals surface area contributed by atoms with Gasteiger partial charge in [0, 0.05) is 19.3 Å². The number of para-hydroxylation sites is 1. The highest BCUT2D eigenvalue weighted by atomic mass is 16.1. The predicted molar refractivity (Wildman–Crippen MR) is 75.7 cm³/mol. The predicted octanol–water partition coefficient (Wildman–Crippen LogP) is 1.28. The zero-order valence-corrected chi connectivity index (χ0v) is 11.4. The number of nitrogens with zero attached hydrogens (tertiary/aromatic N) is 1. The highest BCUT2D eigenvalue weighted by molar-refractivity contribution is 5.80. The Balaban J connectivity index is 2.69. The third-order valence-corrected chi connectivity index (χ3v) is 2.97. The van der Waals surface area contributed by atoms with Crippen molar-refractivity contribution in [2.75, 3.05) is 25.0 Å². The molecule has 0 aliphatic rings. The molecule has 0 aliphatic heterocycles. The summed E-state index contributed by atoms with van der Waals surface area (Å²) in [6.07, 6.45) is 0.984. The molecule has 1 aromatic carbocycles. The zero-order chi connectivity index (χ0) is 13.5. The van der Waals surface area contributed by atoms with Crippen molar-refractivity contribution in [3.63, 3.8) is 0 Å². The Morgan fingerprint density at radius 3 is 2.67 bits per heavy atom. The summed E-state index contributed by atoms with van der Waals surface area (Å²) in [6, 6.07) is 7.80. The van der Waals surface area contributed by atoms with Crippen molar-refractivity contribution >= 4 is 11.6 Å². The number of amides is 1. The van der Waals surface area contributed by atoms with Gasteiger partial charge in [0.1, 0.15) is 6.04 Å². The first-order valence-electron chi connectivity index (χ1n) is 6.35. The Bertz CT molecular complexity index is 392. The molecule has 0 spiro atoms. The van der Waals surface area contributed by atoms with Crippen LogP contribution in [0.2, 0.25) is 0 Å². The number of carbonyl (C=O) groups is 1. The molecule has 0 heterocycles. The number of nitrogens with two attached hydrogens (primary N) is 1. The van der Waals surface area contributed by atoms with Gasteiger partial charge in [-0.3, -0.25) is 4.79 Å². The molecule has 4 heteroatoms. The van der Waals surface area contributed by atoms with Gasteiger partial charge in [0.25, 0.3) is 0 Å². The molecule has 1 aromatic rings. The molecule has 0 bridgehead atoms. The van der Waals surface area contributed by atoms with Crippen molar-refractivity contribution in [3.8, 4) is 0 Å². The second kappa shape index (κ2) is 7.01. The first kappa shape index (κ1) is 14.5. The van der Waals surface area contributed by atoms with Gasteiger partial charge in [-0.15, -0.1) is 0 Å². The first-order valence-corrected chi connectivity index (χ1v) is 6.35. The highest BCUT2D eigenvalue weighted by Gasteiger charge is 2.17. The van der Waals surface area contributed by atoms with Gasteiger partial charge in [0.15, 0.2) is 0 Å². The number of aryl methyl sites for hydroxylation is 1. The van der Waals surface area contributed by atoms with Crippen LogP contribution in [0, 0.1) is 6.92 Å². The van der Waals surface area contributed by atoms with Crippen LogP contribution in [0.1, 0.15) is 18.9 Å². The summed E-state index contributed by atoms with van der Waals surface area (Å²) in [6.45, 7) is 5.51. The van der Waals surface area contributed by atoms with Gasteiger partial charge in [-0.2, -0.15) is 0 Å². The Morgan fingerprint density at radius 1 is 1.44 bits per heavy atom. The lowest BCUT2D eigenvalue weighted by atomic mass is 10.1. The number of benzene rings is 1. The molecule has 4 nitrogen and oxygen atoms in total. The van der Waals surface area contributed by atoms with Crippen LogP contribution in [0.5, 0.6) is 0 Å². The van der Waals surface area contributed by atoms with E-state index in [1.54, 1.807) is 0 Å². The Morgan fingerprint density at radius 2 is 2.11 bits per heavy atom. The first-order chi connectivity index (χ1) is 8.56. The van der Waals surface area contributed by atoms with Gasteiger partial charge in [0.2, 0.25) is 5.91 Å². The lowest BCUT2D eigenvalue weighted by molar-refractivity contribution is -0.119. The van der Waals surface area contributed by atoms with Gasteiger partial charge in [-0.1, -0.05) is 25.1 Å². The molecular formula is C14H23N3O. The molecule has 0 aliphatic carbocycles. The SMILES string of the molecule is CCCNC(CN(C)c1ccccc1C)C(N)=O. The molecule has 100 valence electrons. The lowest BCUT2D eigenvalue weighted by Gasteiger charge is -2.26. The summed E-state index contributed by atoms with van der Waals surface area (Å²) in [5.41, 5.74) is 7.73. The fraction of sp³-hybridized carbons (Fsp3) is 0.500. The van der Waals surface area contributed by atoms with Crippen molar-refractivity contribution in [3.05, 3.63) is 29.8 Å². The van der Waals surface area contributed by atoms with E-state index in [1.165, 1.54) is 5.56 Å². The summed E-state index contributed by atoms with van der Waals surface area (Å²) < 4.78 is 0. The van der Waals surface area contributed by atoms with Crippen molar-refractivity contribution in [1.29, 1.82) is 0 Å². The van der Waals surface area contributed by atoms with E-state index >= 15 is 0 Å². The van der Waals surface area contributed by atoms with Crippen LogP contribution in [0.15, 0.2) is 24.3 Å². The zero-order valence-electron chi connectivity index (χ0n) is 11.4. The van der Waals surface area contributed by atoms with E-state index in [4.69, 9.17) is 5.73 Å². The number of carbonyl (C=O) groups excluding carboxylic acids is 1. The lowest BCUT2D eigenvalue weighted by Crippen LogP contribution is -2.48. The summed E-state index contributed by atoms with van der Waals surface area (Å²) in [5, 5.41) is 3.17. The standard InChI is InChI=1S/C14H23N3O/c1-4-9-16-12(14(15)18)10-17(3)13-8-6-5-7-11(13)2/h5-8,12,16H,4,9-10H2,1-3H3,(H2,15,18). The van der Waals surface area contributed by atoms with Gasteiger partial charge in [-0.05, 0) is 31.5 Å². The van der Waals surface area contributed by atoms with Crippen LogP contribution in [0.25, 0.3) is 0 Å². The van der Waals surface area contributed by atoms with Crippen molar-refractivity contribution in [2.45, 2.75) is 26.3 Å². The van der Waals surface area contributed by atoms with Gasteiger partial charge >= 0.3 is 0 Å². The van der Waals surface area contributed by atoms with Crippen LogP contribution in [0.4, 0.5) is 5.69 Å². The van der Waals surface area contributed by atoms with E-state index in [-0.39, 0.29) is 11.9 Å². The average molecular weight is 249 g/mol. The second-order valence-corrected chi connectivity index (χ2v) is 4.58. The topological polar surface area (TPSA) is 58.4 Å². The molecular weight excluding hydrogens is 226 g/mol. The number of rotatable bonds is 7. The Labute approximate surface area is 109 Å². The van der Waals surface area contributed by atoms with E-state index in [0.29, 0.717) is 6.54 Å². The molecule has 3 N–H and O–H groups in total. The third-order valence-electron chi connectivity index (χ3n) is 2.97. The average Bonchev–Trinajstić information content (AvgIpc) is 2.34. The maximum atomic E-state index is 11.4. The normalized spacial score (nSPS) is 12.2. The number of primary amides is 1. The van der Waals surface area contributed by atoms with Crippen LogP contribution < -0.4 is 16.0 Å². The molecule has 1 rings (SSSR count). The van der Waals surface area contributed by atoms with E-state index in [0.717, 1.165) is 18.7 Å². The maximum absolute atomic E-state index is 11.4. The number of hydrogen-bond donors (Lipinski definition) is 2. The third kappa shape index (κ3) is 4.04. The molecule has 0 saturated carbocycles. The molecule has 18 heavy (non-hydrogen) atoms. The number of anilines is 1. The van der Waals surface area contributed by atoms with Crippen molar-refractivity contribution in [1.82, 2.24) is 5.32 Å². The monoisotopic (exact) mass is 249 g/mol. The number of hydrogen-bond acceptors (Lipinski definition) is 3. The second-order valence-electron chi connectivity index (χ2n) is 4.58. The van der Waals surface area contributed by atoms with Crippen LogP contribution in [-0.4, -0.2) is 32.1 Å². The largest absolute Gasteiger partial charge is 0.372 e. The van der Waals surface area contributed by atoms with Gasteiger partial charge < -0.3 is 16.0 Å². The minimum atomic E-state index is -0.311. The minimum absolute atomic E-state index is 0.302. The van der Waals surface area contributed by atoms with Crippen LogP contribution in [-0.2, 0) is 4.79 Å². The fourth-order valence-electron chi connectivity index (χ4n) is 1.94. The molecule has 1 amide bonds. The van der Waals surface area contributed by atoms with E-state index in [1.807, 2.05) is 25.2 Å². The molecule has 0 aromatic heterocycles. The summed E-state index contributed by atoms with van der Waals surface area (Å²) >= 11 is 0. The molecule has 1 atom stereocenters. The summed E-state index contributed by atoms with van der Waals surface area (Å²) in [7, 11) is 1.98. The molecule has 0 saturated heterocycles. The number of nitrogens with one attached hydrogen (secondary N) is 1. The quantitative estimate of drug-likeness (QED) is 0.765. The van der Waals surface area contributed by atoms with Crippen LogP contribution in [0.3, 0.4) is 0 Å². The van der Waals surface area contributed by atoms with E-state index in [2.05, 4.69) is 30.1 Å². The van der Waals surface area contributed by atoms with Crippen molar-refractivity contribution in [2.24, 2.45) is 5.73 Å². The van der Waals surface area contributed by atoms with Gasteiger partial charge in [-0.25, -0.2) is 0 Å². The van der Waals surface area contributed by atoms with Crippen molar-refractivity contribution < 1.29 is 4.79 Å². The maximum Gasteiger partial charge on any atom is 0.236 e. The molecule has 0 radical (unpaired) electrons. The Kier molecular flexibility index (Phi) is 5.65. The highest BCUT2D eigenvalue weighted by Crippen LogP contribution is 2.17. The number of likely N-dealkylation sites (N-methyl/N-ethyl adjacent to an activating group) is 1. The fourth-order valence-corrected chi connectivity index (χ4v) is 1.94. The molecule has 1 unspecified atom stereocenters.